The molecule has 2 radical (unpaired) electrons. The monoisotopic (exact) mass is 487 g/mol. The van der Waals surface area contributed by atoms with Gasteiger partial charge in [0.2, 0.25) is 0 Å². The largest absolute Gasteiger partial charge is 0.490 e. The van der Waals surface area contributed by atoms with Gasteiger partial charge >= 0.3 is 5.97 Å². The van der Waals surface area contributed by atoms with Crippen LogP contribution >= 0.6 is 11.6 Å². The Kier molecular flexibility index (Phi) is 7.66. The van der Waals surface area contributed by atoms with Crippen molar-refractivity contribution < 1.29 is 19.4 Å². The number of nitrogens with zero attached hydrogens (tertiary/aromatic N) is 1. The second-order valence-corrected chi connectivity index (χ2v) is 11.1. The van der Waals surface area contributed by atoms with Crippen molar-refractivity contribution in [3.8, 4) is 5.75 Å². The van der Waals surface area contributed by atoms with Crippen molar-refractivity contribution in [2.75, 3.05) is 19.6 Å². The summed E-state index contributed by atoms with van der Waals surface area (Å²) in [6.45, 7) is 10.7. The lowest BCUT2D eigenvalue weighted by Gasteiger charge is -2.58. The molecule has 1 aromatic rings. The third-order valence-corrected chi connectivity index (χ3v) is 8.65. The average molecular weight is 488 g/mol. The van der Waals surface area contributed by atoms with Gasteiger partial charge in [-0.25, -0.2) is 0 Å². The van der Waals surface area contributed by atoms with Crippen LogP contribution < -0.4 is 4.74 Å². The highest BCUT2D eigenvalue weighted by molar-refractivity contribution is 6.30. The van der Waals surface area contributed by atoms with Crippen LogP contribution in [0.5, 0.6) is 5.75 Å². The van der Waals surface area contributed by atoms with Gasteiger partial charge in [0.15, 0.2) is 0 Å². The zero-order valence-corrected chi connectivity index (χ0v) is 21.6. The molecule has 2 aliphatic carbocycles. The summed E-state index contributed by atoms with van der Waals surface area (Å²) in [7, 11) is 0. The van der Waals surface area contributed by atoms with Gasteiger partial charge in [-0.15, -0.1) is 0 Å². The molecular formula is C28H38ClNO4. The van der Waals surface area contributed by atoms with Gasteiger partial charge in [-0.3, -0.25) is 4.79 Å². The fourth-order valence-electron chi connectivity index (χ4n) is 6.12. The van der Waals surface area contributed by atoms with Gasteiger partial charge in [-0.2, -0.15) is 0 Å². The predicted molar refractivity (Wildman–Crippen MR) is 134 cm³/mol. The van der Waals surface area contributed by atoms with Crippen molar-refractivity contribution in [1.82, 2.24) is 4.90 Å². The van der Waals surface area contributed by atoms with Crippen LogP contribution in [0.2, 0.25) is 5.02 Å². The van der Waals surface area contributed by atoms with Crippen LogP contribution in [0.15, 0.2) is 35.9 Å². The Morgan fingerprint density at radius 1 is 1.26 bits per heavy atom. The van der Waals surface area contributed by atoms with Crippen molar-refractivity contribution in [3.63, 3.8) is 0 Å². The highest BCUT2D eigenvalue weighted by atomic mass is 35.5. The Balaban J connectivity index is 1.38. The first-order valence-corrected chi connectivity index (χ1v) is 13.0. The number of fused-ring (bicyclic) bond motifs is 1. The number of esters is 1. The summed E-state index contributed by atoms with van der Waals surface area (Å²) in [5.41, 5.74) is -0.493. The molecule has 5 nitrogen and oxygen atoms in total. The topological polar surface area (TPSA) is 59.0 Å². The molecule has 6 heteroatoms. The summed E-state index contributed by atoms with van der Waals surface area (Å²) >= 11 is 5.98. The average Bonchev–Trinajstić information content (AvgIpc) is 2.78. The summed E-state index contributed by atoms with van der Waals surface area (Å²) in [6, 6.07) is 7.57. The highest BCUT2D eigenvalue weighted by Crippen LogP contribution is 2.56. The van der Waals surface area contributed by atoms with Gasteiger partial charge in [-0.1, -0.05) is 37.9 Å². The predicted octanol–water partition coefficient (Wildman–Crippen LogP) is 5.33. The molecule has 0 aromatic heterocycles. The van der Waals surface area contributed by atoms with E-state index < -0.39 is 11.7 Å². The molecule has 0 bridgehead atoms. The van der Waals surface area contributed by atoms with Crippen LogP contribution in [0, 0.1) is 23.7 Å². The van der Waals surface area contributed by atoms with Crippen molar-refractivity contribution in [3.05, 3.63) is 47.4 Å². The van der Waals surface area contributed by atoms with Gasteiger partial charge in [0.1, 0.15) is 18.0 Å². The van der Waals surface area contributed by atoms with Crippen LogP contribution in [-0.4, -0.2) is 53.4 Å². The molecule has 1 saturated carbocycles. The summed E-state index contributed by atoms with van der Waals surface area (Å²) in [5, 5.41) is 12.8. The number of aliphatic hydroxyl groups is 1. The number of carbonyl (C=O) groups excluding carboxylic acids is 1. The van der Waals surface area contributed by atoms with Crippen LogP contribution in [-0.2, 0) is 9.53 Å². The van der Waals surface area contributed by atoms with E-state index in [1.807, 2.05) is 31.2 Å². The van der Waals surface area contributed by atoms with Crippen LogP contribution in [0.4, 0.5) is 0 Å². The molecule has 3 aliphatic rings. The molecule has 0 spiro atoms. The number of likely N-dealkylation sites (tertiary alicyclic amines) is 1. The Morgan fingerprint density at radius 3 is 2.59 bits per heavy atom. The van der Waals surface area contributed by atoms with Gasteiger partial charge in [0.25, 0.3) is 0 Å². The van der Waals surface area contributed by atoms with Crippen molar-refractivity contribution >= 4 is 17.6 Å². The highest BCUT2D eigenvalue weighted by Gasteiger charge is 2.59. The van der Waals surface area contributed by atoms with E-state index in [4.69, 9.17) is 21.1 Å². The number of halogens is 1. The maximum absolute atomic E-state index is 12.0. The van der Waals surface area contributed by atoms with E-state index in [9.17, 15) is 9.90 Å². The minimum absolute atomic E-state index is 0.0130. The normalized spacial score (nSPS) is 33.5. The van der Waals surface area contributed by atoms with Crippen molar-refractivity contribution in [1.29, 1.82) is 0 Å². The molecule has 34 heavy (non-hydrogen) atoms. The van der Waals surface area contributed by atoms with Crippen LogP contribution in [0.3, 0.4) is 0 Å². The molecule has 186 valence electrons. The fourth-order valence-corrected chi connectivity index (χ4v) is 6.25. The first-order chi connectivity index (χ1) is 16.1. The number of piperidine rings is 1. The Bertz CT molecular complexity index is 894. The van der Waals surface area contributed by atoms with Crippen LogP contribution in [0.25, 0.3) is 0 Å². The quantitative estimate of drug-likeness (QED) is 0.434. The number of carbonyl (C=O) groups is 1. The van der Waals surface area contributed by atoms with E-state index in [1.165, 1.54) is 6.92 Å². The van der Waals surface area contributed by atoms with Gasteiger partial charge in [0, 0.05) is 42.9 Å². The molecule has 1 N–H and O–H groups in total. The fraction of sp³-hybridized carbons (Fsp3) is 0.643. The summed E-state index contributed by atoms with van der Waals surface area (Å²) in [4.78, 5) is 14.1. The molecule has 1 saturated heterocycles. The van der Waals surface area contributed by atoms with E-state index >= 15 is 0 Å². The Morgan fingerprint density at radius 2 is 1.94 bits per heavy atom. The molecular weight excluding hydrogens is 450 g/mol. The van der Waals surface area contributed by atoms with E-state index in [-0.39, 0.29) is 29.3 Å². The molecule has 1 aromatic carbocycles. The third kappa shape index (κ3) is 5.17. The maximum Gasteiger partial charge on any atom is 0.303 e. The molecule has 2 fully saturated rings. The third-order valence-electron chi connectivity index (χ3n) is 8.40. The molecule has 5 atom stereocenters. The number of ether oxygens (including phenoxy) is 2. The number of hydrogen-bond donors (Lipinski definition) is 1. The second kappa shape index (κ2) is 10.2. The zero-order chi connectivity index (χ0) is 24.5. The van der Waals surface area contributed by atoms with Crippen LogP contribution in [0.1, 0.15) is 59.8 Å². The molecule has 0 amide bonds. The smallest absolute Gasteiger partial charge is 0.303 e. The van der Waals surface area contributed by atoms with E-state index in [0.29, 0.717) is 5.02 Å². The second-order valence-electron chi connectivity index (χ2n) is 10.7. The lowest BCUT2D eigenvalue weighted by molar-refractivity contribution is -0.161. The molecule has 1 aliphatic heterocycles. The summed E-state index contributed by atoms with van der Waals surface area (Å²) in [5.74, 6) is 0.792. The number of rotatable bonds is 6. The standard InChI is InChI=1S/C28H38ClNO4/c1-19-16-22-6-5-13-27(4,28(22,32)17-26(19)33-21(3)31)20(2)18-30-14-11-25(12-15-30)34-24-9-7-23(29)8-10-24/h7-10,16,20,22,25-26,32H,5-6,11-15,18H2,1-4H3/t20-,22-,26+,27+,28+/m0/s1. The number of hydrogen-bond acceptors (Lipinski definition) is 5. The molecule has 4 rings (SSSR count). The first kappa shape index (κ1) is 25.5. The Hall–Kier alpha value is -1.56. The zero-order valence-electron chi connectivity index (χ0n) is 20.9. The SMILES string of the molecule is CC(=O)O[C@@H]1[C][C@@]2(O)[C@H](C=C1C)CCC[C@]2(C)[C@@H](C)CN1CCC(Oc2ccc(Cl)cc2)CC1. The van der Waals surface area contributed by atoms with Gasteiger partial charge in [-0.05, 0) is 68.4 Å². The van der Waals surface area contributed by atoms with E-state index in [0.717, 1.165) is 63.1 Å². The first-order valence-electron chi connectivity index (χ1n) is 12.6. The maximum atomic E-state index is 12.0. The molecule has 0 unspecified atom stereocenters. The van der Waals surface area contributed by atoms with Crippen molar-refractivity contribution in [2.24, 2.45) is 17.3 Å². The minimum Gasteiger partial charge on any atom is -0.490 e. The van der Waals surface area contributed by atoms with Gasteiger partial charge in [0.05, 0.1) is 12.0 Å². The lowest BCUT2D eigenvalue weighted by Crippen LogP contribution is -2.62. The van der Waals surface area contributed by atoms with Gasteiger partial charge < -0.3 is 19.5 Å². The Labute approximate surface area is 209 Å². The number of benzene rings is 1. The van der Waals surface area contributed by atoms with E-state index in [2.05, 4.69) is 31.2 Å². The van der Waals surface area contributed by atoms with Crippen molar-refractivity contribution in [2.45, 2.75) is 77.6 Å². The summed E-state index contributed by atoms with van der Waals surface area (Å²) < 4.78 is 11.7. The minimum atomic E-state index is -1.11. The lowest BCUT2D eigenvalue weighted by atomic mass is 9.51. The van der Waals surface area contributed by atoms with E-state index in [1.54, 1.807) is 0 Å². The molecule has 1 heterocycles. The summed E-state index contributed by atoms with van der Waals surface area (Å²) in [6.07, 6.45) is 10.0.